The normalized spacial score (nSPS) is 11.3. The second kappa shape index (κ2) is 19.4. The molecule has 2 nitrogen and oxygen atoms in total. The zero-order chi connectivity index (χ0) is 17.2. The van der Waals surface area contributed by atoms with Crippen molar-refractivity contribution in [2.24, 2.45) is 5.92 Å². The predicted octanol–water partition coefficient (Wildman–Crippen LogP) is 5.03. The van der Waals surface area contributed by atoms with Gasteiger partial charge in [-0.1, -0.05) is 83.3 Å². The summed E-state index contributed by atoms with van der Waals surface area (Å²) < 4.78 is 0. The summed E-state index contributed by atoms with van der Waals surface area (Å²) in [5.41, 5.74) is 0. The van der Waals surface area contributed by atoms with Crippen molar-refractivity contribution in [1.82, 2.24) is 0 Å². The fourth-order valence-corrected chi connectivity index (χ4v) is 2.34. The number of carboxylic acid groups (broad SMARTS) is 1. The summed E-state index contributed by atoms with van der Waals surface area (Å²) in [6, 6.07) is 0. The molecule has 0 aromatic heterocycles. The minimum absolute atomic E-state index is 0.533. The summed E-state index contributed by atoms with van der Waals surface area (Å²) in [5, 5.41) is 11.9. The number of thiocarbonyl (C=S) groups is 1. The molecule has 0 amide bonds. The van der Waals surface area contributed by atoms with Crippen molar-refractivity contribution in [3.63, 3.8) is 0 Å². The number of carbonyl (C=O) groups excluding carboxylic acids is 1. The third kappa shape index (κ3) is 22.6. The van der Waals surface area contributed by atoms with Gasteiger partial charge in [0.25, 0.3) is 0 Å². The van der Waals surface area contributed by atoms with E-state index in [9.17, 15) is 9.90 Å². The van der Waals surface area contributed by atoms with Crippen molar-refractivity contribution in [1.29, 1.82) is 0 Å². The van der Waals surface area contributed by atoms with Crippen molar-refractivity contribution in [2.45, 2.75) is 92.4 Å². The molecule has 0 heterocycles. The Morgan fingerprint density at radius 2 is 1.32 bits per heavy atom. The molecule has 0 aromatic carbocycles. The quantitative estimate of drug-likeness (QED) is 0.231. The van der Waals surface area contributed by atoms with Crippen molar-refractivity contribution in [3.8, 4) is 0 Å². The van der Waals surface area contributed by atoms with Crippen molar-refractivity contribution < 1.29 is 9.90 Å². The van der Waals surface area contributed by atoms with Crippen LogP contribution in [0.4, 0.5) is 0 Å². The zero-order valence-electron chi connectivity index (χ0n) is 15.2. The van der Waals surface area contributed by atoms with Crippen LogP contribution in [0.15, 0.2) is 0 Å². The van der Waals surface area contributed by atoms with E-state index in [-0.39, 0.29) is 0 Å². The number of aliphatic carboxylic acids is 1. The van der Waals surface area contributed by atoms with Crippen molar-refractivity contribution in [2.75, 3.05) is 0 Å². The van der Waals surface area contributed by atoms with Gasteiger partial charge < -0.3 is 9.90 Å². The Balaban J connectivity index is 0. The number of hydrogen-bond donors (Lipinski definition) is 0. The molecule has 0 saturated carbocycles. The molecule has 0 fully saturated rings. The minimum atomic E-state index is -1.03. The molecule has 0 aliphatic carbocycles. The molecule has 0 aliphatic rings. The van der Waals surface area contributed by atoms with E-state index >= 15 is 0 Å². The van der Waals surface area contributed by atoms with E-state index in [1.807, 2.05) is 0 Å². The summed E-state index contributed by atoms with van der Waals surface area (Å²) in [4.78, 5) is 17.7. The number of carboxylic acids is 1. The molecule has 22 heavy (non-hydrogen) atoms. The van der Waals surface area contributed by atoms with Gasteiger partial charge in [-0.25, -0.2) is 0 Å². The van der Waals surface area contributed by atoms with Gasteiger partial charge in [-0.2, -0.15) is 0 Å². The monoisotopic (exact) mass is 436 g/mol. The second-order valence-electron chi connectivity index (χ2n) is 6.53. The first-order valence-electron chi connectivity index (χ1n) is 8.88. The third-order valence-corrected chi connectivity index (χ3v) is 3.66. The third-order valence-electron chi connectivity index (χ3n) is 3.34. The topological polar surface area (TPSA) is 40.1 Å². The number of hydrogen-bond acceptors (Lipinski definition) is 3. The van der Waals surface area contributed by atoms with E-state index in [2.05, 4.69) is 34.0 Å². The first-order valence-corrected chi connectivity index (χ1v) is 17.9. The summed E-state index contributed by atoms with van der Waals surface area (Å²) in [6.45, 7) is 2.24. The summed E-state index contributed by atoms with van der Waals surface area (Å²) >= 11 is 4.13. The maximum absolute atomic E-state index is 10.6. The fraction of sp³-hybridized carbons (Fsp3) is 0.889. The van der Waals surface area contributed by atoms with Gasteiger partial charge in [-0.15, -0.1) is 0 Å². The number of carbonyl (C=O) groups is 1. The molecule has 4 heteroatoms. The van der Waals surface area contributed by atoms with Gasteiger partial charge in [0, 0.05) is 11.9 Å². The second-order valence-corrected chi connectivity index (χ2v) is 15.4. The van der Waals surface area contributed by atoms with Gasteiger partial charge in [0.2, 0.25) is 0 Å². The molecular formula is C18H36O2SSn. The molecule has 0 rings (SSSR count). The van der Waals surface area contributed by atoms with E-state index < -0.39 is 31.6 Å². The maximum atomic E-state index is 10.6. The van der Waals surface area contributed by atoms with Gasteiger partial charge in [0.05, 0.1) is 0 Å². The first-order chi connectivity index (χ1) is 10.5. The number of rotatable bonds is 13. The van der Waals surface area contributed by atoms with Gasteiger partial charge >= 0.3 is 34.6 Å². The molecule has 0 aromatic rings. The zero-order valence-corrected chi connectivity index (χ0v) is 18.8. The molecule has 0 N–H and O–H groups in total. The summed E-state index contributed by atoms with van der Waals surface area (Å²) in [7, 11) is 0. The van der Waals surface area contributed by atoms with Crippen LogP contribution in [0.1, 0.15) is 77.6 Å². The molecule has 0 bridgehead atoms. The van der Waals surface area contributed by atoms with E-state index in [1.165, 1.54) is 56.7 Å². The summed E-state index contributed by atoms with van der Waals surface area (Å²) in [6.07, 6.45) is 13.3. The standard InChI is InChI=1S/C15H28O2S.3CH3.Sn/c1-2-3-4-5-6-7-8-9-10-11-12-14(13-18)15(16)17;;;;/h13-14H,2-12H2,1H3,(H,16,17);3*1H3;/q;;;;+1/p-1. The number of unbranched alkanes of at least 4 members (excludes halogenated alkanes) is 9. The average Bonchev–Trinajstić information content (AvgIpc) is 2.44. The molecule has 130 valence electrons. The van der Waals surface area contributed by atoms with Gasteiger partial charge in [-0.05, 0) is 11.8 Å². The Hall–Kier alpha value is 0.359. The Morgan fingerprint density at radius 3 is 1.64 bits per heavy atom. The fourth-order valence-electron chi connectivity index (χ4n) is 2.09. The Labute approximate surface area is 151 Å². The van der Waals surface area contributed by atoms with Crippen LogP contribution in [0.5, 0.6) is 0 Å². The van der Waals surface area contributed by atoms with Crippen LogP contribution in [0, 0.1) is 5.92 Å². The Bertz CT molecular complexity index is 255. The molecule has 0 radical (unpaired) electrons. The molecule has 0 aliphatic heterocycles. The van der Waals surface area contributed by atoms with Crippen LogP contribution < -0.4 is 5.11 Å². The average molecular weight is 435 g/mol. The van der Waals surface area contributed by atoms with Crippen molar-refractivity contribution in [3.05, 3.63) is 0 Å². The van der Waals surface area contributed by atoms with E-state index in [0.29, 0.717) is 6.42 Å². The molecule has 0 spiro atoms. The molecular weight excluding hydrogens is 399 g/mol. The van der Waals surface area contributed by atoms with Crippen LogP contribution in [-0.2, 0) is 4.79 Å². The van der Waals surface area contributed by atoms with E-state index in [4.69, 9.17) is 0 Å². The van der Waals surface area contributed by atoms with Crippen molar-refractivity contribution >= 4 is 43.3 Å². The van der Waals surface area contributed by atoms with Crippen LogP contribution in [0.25, 0.3) is 0 Å². The van der Waals surface area contributed by atoms with Gasteiger partial charge in [0.15, 0.2) is 0 Å². The summed E-state index contributed by atoms with van der Waals surface area (Å²) in [5.74, 6) is -1.56. The molecule has 1 unspecified atom stereocenters. The molecule has 1 atom stereocenters. The van der Waals surface area contributed by atoms with E-state index in [0.717, 1.165) is 12.8 Å². The predicted molar refractivity (Wildman–Crippen MR) is 102 cm³/mol. The SMILES string of the molecule is CCCCCCCCCCCCC(C=S)C(=O)[O-].[CH3][Sn+]([CH3])[CH3]. The van der Waals surface area contributed by atoms with Crippen LogP contribution in [0.2, 0.25) is 14.8 Å². The van der Waals surface area contributed by atoms with Crippen LogP contribution >= 0.6 is 12.2 Å². The van der Waals surface area contributed by atoms with Gasteiger partial charge in [0.1, 0.15) is 0 Å². The van der Waals surface area contributed by atoms with Gasteiger partial charge in [-0.3, -0.25) is 0 Å². The van der Waals surface area contributed by atoms with E-state index in [1.54, 1.807) is 0 Å². The Morgan fingerprint density at radius 1 is 0.955 bits per heavy atom. The van der Waals surface area contributed by atoms with Crippen LogP contribution in [-0.4, -0.2) is 31.1 Å². The van der Waals surface area contributed by atoms with Crippen LogP contribution in [0.3, 0.4) is 0 Å². The first kappa shape index (κ1) is 24.6. The Kier molecular flexibility index (Phi) is 21.7. The molecule has 0 saturated heterocycles.